The van der Waals surface area contributed by atoms with Crippen LogP contribution in [0.1, 0.15) is 84.4 Å². The minimum Gasteiger partial charge on any atom is -0.444 e. The summed E-state index contributed by atoms with van der Waals surface area (Å²) in [7, 11) is -3.63. The van der Waals surface area contributed by atoms with Gasteiger partial charge >= 0.3 is 13.7 Å². The number of hydrogen-bond donors (Lipinski definition) is 5. The van der Waals surface area contributed by atoms with Gasteiger partial charge in [0.2, 0.25) is 11.8 Å². The number of aliphatic hydroxyl groups is 1. The number of aromatic nitrogens is 2. The van der Waals surface area contributed by atoms with E-state index >= 15 is 0 Å². The van der Waals surface area contributed by atoms with Gasteiger partial charge < -0.3 is 39.8 Å². The quantitative estimate of drug-likeness (QED) is 0.139. The molecule has 0 spiro atoms. The first-order valence-corrected chi connectivity index (χ1v) is 18.7. The van der Waals surface area contributed by atoms with Crippen LogP contribution < -0.4 is 16.0 Å². The van der Waals surface area contributed by atoms with E-state index in [-0.39, 0.29) is 38.1 Å². The molecule has 1 aliphatic carbocycles. The summed E-state index contributed by atoms with van der Waals surface area (Å²) in [6, 6.07) is 6.24. The maximum Gasteiger partial charge on any atom is 0.408 e. The fourth-order valence-electron chi connectivity index (χ4n) is 5.88. The van der Waals surface area contributed by atoms with Crippen molar-refractivity contribution in [3.05, 3.63) is 54.1 Å². The molecule has 0 aliphatic heterocycles. The zero-order valence-corrected chi connectivity index (χ0v) is 29.8. The lowest BCUT2D eigenvalue weighted by Gasteiger charge is -2.32. The molecule has 1 aromatic carbocycles. The van der Waals surface area contributed by atoms with Crippen LogP contribution in [-0.2, 0) is 40.8 Å². The Morgan fingerprint density at radius 1 is 0.958 bits per heavy atom. The fraction of sp³-hybridized carbons (Fsp3) is 0.647. The highest BCUT2D eigenvalue weighted by molar-refractivity contribution is 7.53. The molecule has 1 aliphatic rings. The number of nitrogens with one attached hydrogen (secondary N) is 4. The molecule has 0 unspecified atom stereocenters. The van der Waals surface area contributed by atoms with Crippen LogP contribution in [0.3, 0.4) is 0 Å². The van der Waals surface area contributed by atoms with Gasteiger partial charge in [0.1, 0.15) is 17.7 Å². The monoisotopic (exact) mass is 691 g/mol. The standard InChI is InChI=1S/C34H54N5O8P/c1-6-45-48(44,46-7-2)22-30(40)27(18-24-14-10-8-11-15-24)37-32(42)29(20-26-21-35-23-36-26)38-31(41)28(19-25-16-12-9-13-17-25)39-33(43)47-34(3,4)5/h9,12-13,16-17,21,23-24,27-30,40H,6-8,10-11,14-15,18-20,22H2,1-5H3,(H,35,36)(H,37,42)(H,38,41)(H,39,43)/t27-,28-,29+,30-/m0/s1. The second-order valence-electron chi connectivity index (χ2n) is 13.3. The largest absolute Gasteiger partial charge is 0.444 e. The van der Waals surface area contributed by atoms with Crippen molar-refractivity contribution >= 4 is 25.5 Å². The van der Waals surface area contributed by atoms with Gasteiger partial charge in [-0.15, -0.1) is 0 Å². The van der Waals surface area contributed by atoms with Crippen molar-refractivity contribution in [1.29, 1.82) is 0 Å². The smallest absolute Gasteiger partial charge is 0.408 e. The number of ether oxygens (including phenoxy) is 1. The lowest BCUT2D eigenvalue weighted by atomic mass is 9.83. The fourth-order valence-corrected chi connectivity index (χ4v) is 7.66. The van der Waals surface area contributed by atoms with Crippen LogP contribution in [0.5, 0.6) is 0 Å². The second kappa shape index (κ2) is 19.1. The van der Waals surface area contributed by atoms with E-state index in [2.05, 4.69) is 25.9 Å². The molecule has 0 saturated heterocycles. The van der Waals surface area contributed by atoms with Crippen molar-refractivity contribution in [3.63, 3.8) is 0 Å². The normalized spacial score (nSPS) is 16.7. The third kappa shape index (κ3) is 13.7. The van der Waals surface area contributed by atoms with E-state index in [0.717, 1.165) is 37.7 Å². The van der Waals surface area contributed by atoms with E-state index in [0.29, 0.717) is 12.1 Å². The van der Waals surface area contributed by atoms with Crippen molar-refractivity contribution < 1.29 is 37.8 Å². The van der Waals surface area contributed by atoms with Gasteiger partial charge in [0.05, 0.1) is 37.8 Å². The highest BCUT2D eigenvalue weighted by atomic mass is 31.2. The first-order valence-electron chi connectivity index (χ1n) is 17.0. The van der Waals surface area contributed by atoms with E-state index in [4.69, 9.17) is 13.8 Å². The molecule has 1 heterocycles. The molecule has 4 atom stereocenters. The number of alkyl carbamates (subject to hydrolysis) is 1. The minimum atomic E-state index is -3.63. The van der Waals surface area contributed by atoms with Crippen molar-refractivity contribution in [1.82, 2.24) is 25.9 Å². The van der Waals surface area contributed by atoms with E-state index in [1.54, 1.807) is 40.8 Å². The van der Waals surface area contributed by atoms with Gasteiger partial charge in [-0.25, -0.2) is 9.78 Å². The van der Waals surface area contributed by atoms with Crippen LogP contribution in [0.15, 0.2) is 42.9 Å². The topological polar surface area (TPSA) is 181 Å². The average molecular weight is 692 g/mol. The van der Waals surface area contributed by atoms with E-state index in [1.807, 2.05) is 30.3 Å². The maximum absolute atomic E-state index is 14.1. The number of aliphatic hydroxyl groups excluding tert-OH is 1. The van der Waals surface area contributed by atoms with Crippen LogP contribution in [0.4, 0.5) is 4.79 Å². The Morgan fingerprint density at radius 2 is 1.58 bits per heavy atom. The second-order valence-corrected chi connectivity index (χ2v) is 15.4. The van der Waals surface area contributed by atoms with E-state index in [9.17, 15) is 24.1 Å². The molecule has 1 aromatic heterocycles. The van der Waals surface area contributed by atoms with Crippen LogP contribution >= 0.6 is 7.60 Å². The summed E-state index contributed by atoms with van der Waals surface area (Å²) in [5, 5.41) is 19.9. The summed E-state index contributed by atoms with van der Waals surface area (Å²) in [4.78, 5) is 47.7. The molecule has 3 amide bonds. The summed E-state index contributed by atoms with van der Waals surface area (Å²) in [5.74, 6) is -0.881. The van der Waals surface area contributed by atoms with Crippen LogP contribution in [0, 0.1) is 5.92 Å². The number of nitrogens with zero attached hydrogens (tertiary/aromatic N) is 1. The van der Waals surface area contributed by atoms with Gasteiger partial charge in [-0.2, -0.15) is 0 Å². The molecule has 268 valence electrons. The molecule has 1 fully saturated rings. The summed E-state index contributed by atoms with van der Waals surface area (Å²) in [6.07, 6.45) is 6.59. The first kappa shape index (κ1) is 39.2. The Labute approximate surface area is 284 Å². The van der Waals surface area contributed by atoms with Gasteiger partial charge in [-0.1, -0.05) is 62.4 Å². The third-order valence-electron chi connectivity index (χ3n) is 8.07. The van der Waals surface area contributed by atoms with Crippen molar-refractivity contribution in [3.8, 4) is 0 Å². The van der Waals surface area contributed by atoms with Gasteiger partial charge in [-0.05, 0) is 52.5 Å². The summed E-state index contributed by atoms with van der Waals surface area (Å²) in [6.45, 7) is 8.86. The third-order valence-corrected chi connectivity index (χ3v) is 10.2. The van der Waals surface area contributed by atoms with Gasteiger partial charge in [0, 0.05) is 24.7 Å². The van der Waals surface area contributed by atoms with Gasteiger partial charge in [-0.3, -0.25) is 14.2 Å². The number of H-pyrrole nitrogens is 1. The zero-order valence-electron chi connectivity index (χ0n) is 28.9. The number of aromatic amines is 1. The lowest BCUT2D eigenvalue weighted by Crippen LogP contribution is -2.58. The molecular weight excluding hydrogens is 637 g/mol. The predicted octanol–water partition coefficient (Wildman–Crippen LogP) is 4.66. The SMILES string of the molecule is CCOP(=O)(C[C@H](O)[C@H](CC1CCCCC1)NC(=O)[C@@H](Cc1cnc[nH]1)NC(=O)[C@H](Cc1ccccc1)NC(=O)OC(C)(C)C)OCC. The first-order chi connectivity index (χ1) is 22.8. The molecule has 2 aromatic rings. The van der Waals surface area contributed by atoms with Gasteiger partial charge in [0.25, 0.3) is 0 Å². The maximum atomic E-state index is 14.1. The molecule has 14 heteroatoms. The number of carbonyl (C=O) groups is 3. The Bertz CT molecular complexity index is 1300. The number of benzene rings is 1. The Kier molecular flexibility index (Phi) is 15.6. The average Bonchev–Trinajstić information content (AvgIpc) is 3.53. The van der Waals surface area contributed by atoms with Gasteiger partial charge in [0.15, 0.2) is 0 Å². The zero-order chi connectivity index (χ0) is 35.2. The van der Waals surface area contributed by atoms with Crippen LogP contribution in [0.2, 0.25) is 0 Å². The number of amides is 3. The molecule has 5 N–H and O–H groups in total. The lowest BCUT2D eigenvalue weighted by molar-refractivity contribution is -0.130. The Balaban J connectivity index is 1.86. The highest BCUT2D eigenvalue weighted by Gasteiger charge is 2.36. The molecule has 0 radical (unpaired) electrons. The number of hydrogen-bond acceptors (Lipinski definition) is 9. The molecule has 3 rings (SSSR count). The van der Waals surface area contributed by atoms with Crippen molar-refractivity contribution in [2.45, 2.75) is 116 Å². The van der Waals surface area contributed by atoms with Crippen LogP contribution in [0.25, 0.3) is 0 Å². The summed E-state index contributed by atoms with van der Waals surface area (Å²) < 4.78 is 29.7. The summed E-state index contributed by atoms with van der Waals surface area (Å²) in [5.41, 5.74) is 0.604. The highest BCUT2D eigenvalue weighted by Crippen LogP contribution is 2.49. The molecule has 48 heavy (non-hydrogen) atoms. The van der Waals surface area contributed by atoms with E-state index < -0.39 is 55.3 Å². The minimum absolute atomic E-state index is 0.0602. The molecule has 1 saturated carbocycles. The number of rotatable bonds is 18. The number of carbonyl (C=O) groups excluding carboxylic acids is 3. The predicted molar refractivity (Wildman–Crippen MR) is 182 cm³/mol. The Morgan fingerprint density at radius 3 is 2.17 bits per heavy atom. The molecule has 0 bridgehead atoms. The molecular formula is C34H54N5O8P. The van der Waals surface area contributed by atoms with Crippen molar-refractivity contribution in [2.24, 2.45) is 5.92 Å². The van der Waals surface area contributed by atoms with E-state index in [1.165, 1.54) is 6.33 Å². The number of imidazole rings is 1. The van der Waals surface area contributed by atoms with Crippen LogP contribution in [-0.4, -0.2) is 82.2 Å². The van der Waals surface area contributed by atoms with Crippen molar-refractivity contribution in [2.75, 3.05) is 19.4 Å². The molecule has 13 nitrogen and oxygen atoms in total. The Hall–Kier alpha value is -3.25. The summed E-state index contributed by atoms with van der Waals surface area (Å²) >= 11 is 0.